The second-order valence-corrected chi connectivity index (χ2v) is 4.52. The van der Waals surface area contributed by atoms with Crippen LogP contribution in [0.15, 0.2) is 60.7 Å². The standard InChI is InChI=1S/C17H20/c1-3-17(4-2,15-11-7-5-8-12-15)16-13-9-6-10-14-16/h5-14H,3-4H2,1-2H3. The lowest BCUT2D eigenvalue weighted by Gasteiger charge is -2.33. The van der Waals surface area contributed by atoms with Gasteiger partial charge in [0.25, 0.3) is 0 Å². The van der Waals surface area contributed by atoms with Crippen LogP contribution in [-0.4, -0.2) is 0 Å². The predicted octanol–water partition coefficient (Wildman–Crippen LogP) is 4.79. The summed E-state index contributed by atoms with van der Waals surface area (Å²) in [7, 11) is 0. The largest absolute Gasteiger partial charge is 0.0642 e. The minimum absolute atomic E-state index is 0.169. The van der Waals surface area contributed by atoms with Gasteiger partial charge in [-0.2, -0.15) is 0 Å². The molecule has 0 aliphatic carbocycles. The zero-order valence-electron chi connectivity index (χ0n) is 10.7. The van der Waals surface area contributed by atoms with E-state index in [9.17, 15) is 0 Å². The Bertz CT molecular complexity index is 396. The summed E-state index contributed by atoms with van der Waals surface area (Å²) in [6.45, 7) is 4.56. The van der Waals surface area contributed by atoms with Crippen LogP contribution >= 0.6 is 0 Å². The first-order valence-electron chi connectivity index (χ1n) is 6.44. The van der Waals surface area contributed by atoms with Gasteiger partial charge in [0.05, 0.1) is 0 Å². The molecule has 2 aromatic carbocycles. The van der Waals surface area contributed by atoms with Crippen molar-refractivity contribution in [1.82, 2.24) is 0 Å². The molecule has 0 aliphatic heterocycles. The summed E-state index contributed by atoms with van der Waals surface area (Å²) in [5, 5.41) is 0. The van der Waals surface area contributed by atoms with Gasteiger partial charge in [-0.05, 0) is 24.0 Å². The van der Waals surface area contributed by atoms with Crippen molar-refractivity contribution in [2.24, 2.45) is 0 Å². The third-order valence-corrected chi connectivity index (χ3v) is 3.86. The van der Waals surface area contributed by atoms with Crippen LogP contribution in [0.25, 0.3) is 0 Å². The molecule has 0 aromatic heterocycles. The molecule has 2 aromatic rings. The molecule has 0 aliphatic rings. The smallest absolute Gasteiger partial charge is 0.0197 e. The molecule has 0 spiro atoms. The van der Waals surface area contributed by atoms with E-state index < -0.39 is 0 Å². The van der Waals surface area contributed by atoms with Crippen LogP contribution in [-0.2, 0) is 5.41 Å². The van der Waals surface area contributed by atoms with Crippen molar-refractivity contribution in [1.29, 1.82) is 0 Å². The molecule has 0 fully saturated rings. The highest BCUT2D eigenvalue weighted by Gasteiger charge is 2.29. The molecule has 2 rings (SSSR count). The summed E-state index contributed by atoms with van der Waals surface area (Å²) >= 11 is 0. The predicted molar refractivity (Wildman–Crippen MR) is 74.2 cm³/mol. The molecule has 0 heteroatoms. The molecular formula is C17H20. The molecule has 0 atom stereocenters. The van der Waals surface area contributed by atoms with Gasteiger partial charge in [0.15, 0.2) is 0 Å². The van der Waals surface area contributed by atoms with Gasteiger partial charge in [0, 0.05) is 5.41 Å². The van der Waals surface area contributed by atoms with Gasteiger partial charge in [-0.15, -0.1) is 0 Å². The van der Waals surface area contributed by atoms with Crippen LogP contribution in [0.5, 0.6) is 0 Å². The highest BCUT2D eigenvalue weighted by atomic mass is 14.3. The van der Waals surface area contributed by atoms with Crippen LogP contribution in [0.2, 0.25) is 0 Å². The Kier molecular flexibility index (Phi) is 3.63. The summed E-state index contributed by atoms with van der Waals surface area (Å²) in [5.41, 5.74) is 3.02. The number of rotatable bonds is 4. The molecule has 0 nitrogen and oxygen atoms in total. The maximum Gasteiger partial charge on any atom is 0.0197 e. The Balaban J connectivity index is 2.54. The van der Waals surface area contributed by atoms with Gasteiger partial charge in [-0.3, -0.25) is 0 Å². The Morgan fingerprint density at radius 3 is 1.29 bits per heavy atom. The Morgan fingerprint density at radius 1 is 0.647 bits per heavy atom. The number of hydrogen-bond donors (Lipinski definition) is 0. The zero-order valence-corrected chi connectivity index (χ0v) is 10.7. The van der Waals surface area contributed by atoms with Crippen LogP contribution in [0.4, 0.5) is 0 Å². The van der Waals surface area contributed by atoms with E-state index in [2.05, 4.69) is 74.5 Å². The van der Waals surface area contributed by atoms with Gasteiger partial charge in [-0.25, -0.2) is 0 Å². The molecule has 88 valence electrons. The Morgan fingerprint density at radius 2 is 1.00 bits per heavy atom. The molecule has 0 radical (unpaired) electrons. The summed E-state index contributed by atoms with van der Waals surface area (Å²) in [5.74, 6) is 0. The SMILES string of the molecule is CCC(CC)(c1ccccc1)c1ccccc1. The van der Waals surface area contributed by atoms with E-state index in [1.165, 1.54) is 11.1 Å². The van der Waals surface area contributed by atoms with Crippen molar-refractivity contribution >= 4 is 0 Å². The summed E-state index contributed by atoms with van der Waals surface area (Å²) < 4.78 is 0. The quantitative estimate of drug-likeness (QED) is 0.700. The second-order valence-electron chi connectivity index (χ2n) is 4.52. The Labute approximate surface area is 104 Å². The van der Waals surface area contributed by atoms with Crippen molar-refractivity contribution in [3.63, 3.8) is 0 Å². The van der Waals surface area contributed by atoms with E-state index in [0.29, 0.717) is 0 Å². The number of hydrogen-bond acceptors (Lipinski definition) is 0. The first kappa shape index (κ1) is 11.9. The molecule has 17 heavy (non-hydrogen) atoms. The van der Waals surface area contributed by atoms with Crippen molar-refractivity contribution in [3.05, 3.63) is 71.8 Å². The van der Waals surface area contributed by atoms with Gasteiger partial charge < -0.3 is 0 Å². The zero-order chi connectivity index (χ0) is 12.1. The average Bonchev–Trinajstić information content (AvgIpc) is 2.43. The van der Waals surface area contributed by atoms with E-state index in [0.717, 1.165) is 12.8 Å². The minimum Gasteiger partial charge on any atom is -0.0642 e. The van der Waals surface area contributed by atoms with E-state index >= 15 is 0 Å². The van der Waals surface area contributed by atoms with E-state index in [4.69, 9.17) is 0 Å². The van der Waals surface area contributed by atoms with Crippen molar-refractivity contribution in [2.75, 3.05) is 0 Å². The molecular weight excluding hydrogens is 204 g/mol. The minimum atomic E-state index is 0.169. The average molecular weight is 224 g/mol. The molecule has 0 heterocycles. The summed E-state index contributed by atoms with van der Waals surface area (Å²) in [4.78, 5) is 0. The van der Waals surface area contributed by atoms with Gasteiger partial charge >= 0.3 is 0 Å². The van der Waals surface area contributed by atoms with Crippen molar-refractivity contribution in [2.45, 2.75) is 32.1 Å². The fourth-order valence-electron chi connectivity index (χ4n) is 2.75. The highest BCUT2D eigenvalue weighted by Crippen LogP contribution is 2.38. The summed E-state index contributed by atoms with van der Waals surface area (Å²) in [6.07, 6.45) is 2.27. The van der Waals surface area contributed by atoms with E-state index in [-0.39, 0.29) is 5.41 Å². The molecule has 0 N–H and O–H groups in total. The van der Waals surface area contributed by atoms with E-state index in [1.807, 2.05) is 0 Å². The third kappa shape index (κ3) is 2.12. The monoisotopic (exact) mass is 224 g/mol. The van der Waals surface area contributed by atoms with Crippen LogP contribution in [0.1, 0.15) is 37.8 Å². The first-order valence-corrected chi connectivity index (χ1v) is 6.44. The second kappa shape index (κ2) is 5.18. The van der Waals surface area contributed by atoms with Crippen LogP contribution in [0.3, 0.4) is 0 Å². The highest BCUT2D eigenvalue weighted by molar-refractivity contribution is 5.38. The lowest BCUT2D eigenvalue weighted by atomic mass is 9.71. The fraction of sp³-hybridized carbons (Fsp3) is 0.294. The molecule has 0 saturated carbocycles. The fourth-order valence-corrected chi connectivity index (χ4v) is 2.75. The summed E-state index contributed by atoms with van der Waals surface area (Å²) in [6, 6.07) is 21.7. The lowest BCUT2D eigenvalue weighted by Crippen LogP contribution is -2.25. The van der Waals surface area contributed by atoms with Crippen LogP contribution in [0, 0.1) is 0 Å². The normalized spacial score (nSPS) is 11.4. The maximum absolute atomic E-state index is 2.28. The molecule has 0 unspecified atom stereocenters. The number of benzene rings is 2. The van der Waals surface area contributed by atoms with Crippen molar-refractivity contribution in [3.8, 4) is 0 Å². The molecule has 0 bridgehead atoms. The maximum atomic E-state index is 2.28. The first-order chi connectivity index (χ1) is 8.33. The lowest BCUT2D eigenvalue weighted by molar-refractivity contribution is 0.478. The third-order valence-electron chi connectivity index (χ3n) is 3.86. The molecule has 0 amide bonds. The van der Waals surface area contributed by atoms with Gasteiger partial charge in [-0.1, -0.05) is 74.5 Å². The van der Waals surface area contributed by atoms with Crippen molar-refractivity contribution < 1.29 is 0 Å². The van der Waals surface area contributed by atoms with E-state index in [1.54, 1.807) is 0 Å². The van der Waals surface area contributed by atoms with Gasteiger partial charge in [0.2, 0.25) is 0 Å². The topological polar surface area (TPSA) is 0 Å². The molecule has 0 saturated heterocycles. The van der Waals surface area contributed by atoms with Crippen LogP contribution < -0.4 is 0 Å². The Hall–Kier alpha value is -1.56. The van der Waals surface area contributed by atoms with Gasteiger partial charge in [0.1, 0.15) is 0 Å².